The zero-order valence-corrected chi connectivity index (χ0v) is 7.33. The van der Waals surface area contributed by atoms with Gasteiger partial charge in [-0.25, -0.2) is 0 Å². The fourth-order valence-corrected chi connectivity index (χ4v) is 0.953. The summed E-state index contributed by atoms with van der Waals surface area (Å²) in [7, 11) is 0. The molecule has 0 atom stereocenters. The average Bonchev–Trinajstić information content (AvgIpc) is 2.33. The molecule has 0 aromatic carbocycles. The molecule has 0 fully saturated rings. The molecule has 0 bridgehead atoms. The van der Waals surface area contributed by atoms with Crippen LogP contribution in [0.3, 0.4) is 0 Å². The van der Waals surface area contributed by atoms with Crippen molar-refractivity contribution in [1.29, 1.82) is 0 Å². The molecule has 0 saturated carbocycles. The number of H-pyrrole nitrogens is 1. The van der Waals surface area contributed by atoms with E-state index < -0.39 is 0 Å². The van der Waals surface area contributed by atoms with Crippen LogP contribution in [0.1, 0.15) is 19.4 Å². The van der Waals surface area contributed by atoms with Crippen molar-refractivity contribution in [3.63, 3.8) is 0 Å². The number of nitrogen functional groups attached to an aromatic ring is 1. The molecule has 5 N–H and O–H groups in total. The summed E-state index contributed by atoms with van der Waals surface area (Å²) in [6, 6.07) is 2.01. The molecule has 4 heteroatoms. The molecular formula is C8H14N4. The van der Waals surface area contributed by atoms with Crippen LogP contribution in [-0.4, -0.2) is 16.9 Å². The summed E-state index contributed by atoms with van der Waals surface area (Å²) in [5.74, 6) is 1.06. The van der Waals surface area contributed by atoms with E-state index in [-0.39, 0.29) is 6.04 Å². The first-order valence-electron chi connectivity index (χ1n) is 3.87. The van der Waals surface area contributed by atoms with E-state index >= 15 is 0 Å². The van der Waals surface area contributed by atoms with Crippen molar-refractivity contribution >= 4 is 11.7 Å². The van der Waals surface area contributed by atoms with Crippen molar-refractivity contribution < 1.29 is 0 Å². The van der Waals surface area contributed by atoms with Crippen LogP contribution in [0.25, 0.3) is 0 Å². The number of nitrogens with one attached hydrogen (secondary N) is 1. The van der Waals surface area contributed by atoms with Gasteiger partial charge in [0.1, 0.15) is 11.7 Å². The Hall–Kier alpha value is -1.45. The second-order valence-corrected chi connectivity index (χ2v) is 2.91. The van der Waals surface area contributed by atoms with E-state index in [4.69, 9.17) is 11.5 Å². The normalized spacial score (nSPS) is 12.4. The largest absolute Gasteiger partial charge is 0.385 e. The lowest BCUT2D eigenvalue weighted by Gasteiger charge is -2.01. The Balaban J connectivity index is 2.92. The van der Waals surface area contributed by atoms with Crippen molar-refractivity contribution in [3.8, 4) is 0 Å². The molecule has 0 saturated heterocycles. The van der Waals surface area contributed by atoms with Crippen molar-refractivity contribution in [2.24, 2.45) is 10.7 Å². The molecule has 1 rings (SSSR count). The third-order valence-corrected chi connectivity index (χ3v) is 1.45. The van der Waals surface area contributed by atoms with E-state index in [1.165, 1.54) is 0 Å². The number of anilines is 1. The highest BCUT2D eigenvalue weighted by molar-refractivity contribution is 6.01. The molecule has 1 heterocycles. The van der Waals surface area contributed by atoms with E-state index in [9.17, 15) is 0 Å². The van der Waals surface area contributed by atoms with Crippen molar-refractivity contribution in [2.75, 3.05) is 5.73 Å². The average molecular weight is 166 g/mol. The number of rotatable bonds is 2. The van der Waals surface area contributed by atoms with Gasteiger partial charge in [0, 0.05) is 12.2 Å². The number of hydrogen-bond acceptors (Lipinski definition) is 2. The minimum atomic E-state index is 0.194. The second kappa shape index (κ2) is 3.30. The lowest BCUT2D eigenvalue weighted by atomic mass is 10.3. The van der Waals surface area contributed by atoms with Crippen LogP contribution in [0.4, 0.5) is 5.82 Å². The van der Waals surface area contributed by atoms with Gasteiger partial charge >= 0.3 is 0 Å². The first kappa shape index (κ1) is 8.64. The third-order valence-electron chi connectivity index (χ3n) is 1.45. The first-order chi connectivity index (χ1) is 5.61. The smallest absolute Gasteiger partial charge is 0.129 e. The minimum Gasteiger partial charge on any atom is -0.385 e. The van der Waals surface area contributed by atoms with Crippen LogP contribution in [0.15, 0.2) is 17.3 Å². The summed E-state index contributed by atoms with van der Waals surface area (Å²) >= 11 is 0. The van der Waals surface area contributed by atoms with Crippen LogP contribution in [-0.2, 0) is 0 Å². The highest BCUT2D eigenvalue weighted by Crippen LogP contribution is 2.07. The Labute approximate surface area is 71.7 Å². The molecule has 4 nitrogen and oxygen atoms in total. The number of aliphatic imine (C=N–C) groups is 1. The van der Waals surface area contributed by atoms with E-state index in [0.717, 1.165) is 5.56 Å². The topological polar surface area (TPSA) is 80.2 Å². The highest BCUT2D eigenvalue weighted by atomic mass is 14.9. The maximum absolute atomic E-state index is 5.69. The molecule has 0 radical (unpaired) electrons. The summed E-state index contributed by atoms with van der Waals surface area (Å²) in [5.41, 5.74) is 12.1. The number of aromatic amines is 1. The fourth-order valence-electron chi connectivity index (χ4n) is 0.953. The van der Waals surface area contributed by atoms with E-state index in [0.29, 0.717) is 11.7 Å². The van der Waals surface area contributed by atoms with Gasteiger partial charge in [0.25, 0.3) is 0 Å². The molecule has 66 valence electrons. The van der Waals surface area contributed by atoms with Gasteiger partial charge in [0.15, 0.2) is 0 Å². The molecule has 0 aliphatic heterocycles. The van der Waals surface area contributed by atoms with Gasteiger partial charge in [0.05, 0.1) is 5.56 Å². The first-order valence-corrected chi connectivity index (χ1v) is 3.87. The van der Waals surface area contributed by atoms with E-state index in [1.54, 1.807) is 6.20 Å². The minimum absolute atomic E-state index is 0.194. The van der Waals surface area contributed by atoms with Gasteiger partial charge in [-0.3, -0.25) is 4.99 Å². The second-order valence-electron chi connectivity index (χ2n) is 2.91. The van der Waals surface area contributed by atoms with E-state index in [2.05, 4.69) is 9.98 Å². The molecular weight excluding hydrogens is 152 g/mol. The Morgan fingerprint density at radius 2 is 2.25 bits per heavy atom. The zero-order chi connectivity index (χ0) is 9.14. The SMILES string of the molecule is CC(C)N=C(N)c1cc[nH]c1N. The Kier molecular flexibility index (Phi) is 2.38. The van der Waals surface area contributed by atoms with Crippen LogP contribution in [0.2, 0.25) is 0 Å². The number of nitrogens with zero attached hydrogens (tertiary/aromatic N) is 1. The van der Waals surface area contributed by atoms with Crippen LogP contribution in [0.5, 0.6) is 0 Å². The summed E-state index contributed by atoms with van der Waals surface area (Å²) in [6.07, 6.45) is 1.74. The number of hydrogen-bond donors (Lipinski definition) is 3. The quantitative estimate of drug-likeness (QED) is 0.447. The summed E-state index contributed by atoms with van der Waals surface area (Å²) in [6.45, 7) is 3.94. The summed E-state index contributed by atoms with van der Waals surface area (Å²) in [4.78, 5) is 7.01. The fraction of sp³-hybridized carbons (Fsp3) is 0.375. The van der Waals surface area contributed by atoms with E-state index in [1.807, 2.05) is 19.9 Å². The monoisotopic (exact) mass is 166 g/mol. The number of amidine groups is 1. The van der Waals surface area contributed by atoms with Crippen molar-refractivity contribution in [1.82, 2.24) is 4.98 Å². The Bertz CT molecular complexity index is 285. The third kappa shape index (κ3) is 1.78. The molecule has 0 aliphatic carbocycles. The number of nitrogens with two attached hydrogens (primary N) is 2. The molecule has 1 aromatic heterocycles. The Morgan fingerprint density at radius 1 is 1.58 bits per heavy atom. The summed E-state index contributed by atoms with van der Waals surface area (Å²) in [5, 5.41) is 0. The molecule has 1 aromatic rings. The van der Waals surface area contributed by atoms with Crippen LogP contribution in [0, 0.1) is 0 Å². The Morgan fingerprint density at radius 3 is 2.67 bits per heavy atom. The molecule has 0 spiro atoms. The predicted octanol–water partition coefficient (Wildman–Crippen LogP) is 0.711. The van der Waals surface area contributed by atoms with Gasteiger partial charge in [-0.15, -0.1) is 0 Å². The molecule has 0 aliphatic rings. The summed E-state index contributed by atoms with van der Waals surface area (Å²) < 4.78 is 0. The van der Waals surface area contributed by atoms with Gasteiger partial charge in [-0.2, -0.15) is 0 Å². The van der Waals surface area contributed by atoms with Gasteiger partial charge in [-0.1, -0.05) is 0 Å². The maximum atomic E-state index is 5.69. The number of aromatic nitrogens is 1. The van der Waals surface area contributed by atoms with Crippen molar-refractivity contribution in [2.45, 2.75) is 19.9 Å². The standard InChI is InChI=1S/C8H14N4/c1-5(2)12-8(10)6-3-4-11-7(6)9/h3-5,11H,9H2,1-2H3,(H2,10,12). The zero-order valence-electron chi connectivity index (χ0n) is 7.33. The maximum Gasteiger partial charge on any atom is 0.129 e. The molecule has 0 unspecified atom stereocenters. The van der Waals surface area contributed by atoms with Crippen molar-refractivity contribution in [3.05, 3.63) is 17.8 Å². The lowest BCUT2D eigenvalue weighted by molar-refractivity contribution is 0.834. The van der Waals surface area contributed by atoms with Crippen LogP contribution < -0.4 is 11.5 Å². The predicted molar refractivity (Wildman–Crippen MR) is 51.1 cm³/mol. The van der Waals surface area contributed by atoms with Gasteiger partial charge in [0.2, 0.25) is 0 Å². The van der Waals surface area contributed by atoms with Crippen LogP contribution >= 0.6 is 0 Å². The lowest BCUT2D eigenvalue weighted by Crippen LogP contribution is -2.16. The molecule has 12 heavy (non-hydrogen) atoms. The molecule has 0 amide bonds. The van der Waals surface area contributed by atoms with Gasteiger partial charge in [-0.05, 0) is 19.9 Å². The highest BCUT2D eigenvalue weighted by Gasteiger charge is 2.03. The van der Waals surface area contributed by atoms with Gasteiger partial charge < -0.3 is 16.5 Å².